The van der Waals surface area contributed by atoms with Crippen LogP contribution in [0.25, 0.3) is 5.65 Å². The summed E-state index contributed by atoms with van der Waals surface area (Å²) in [4.78, 5) is 16.3. The first-order valence-electron chi connectivity index (χ1n) is 6.23. The van der Waals surface area contributed by atoms with E-state index < -0.39 is 17.8 Å². The molecule has 0 saturated carbocycles. The Hall–Kier alpha value is -2.84. The van der Waals surface area contributed by atoms with Gasteiger partial charge < -0.3 is 5.32 Å². The van der Waals surface area contributed by atoms with Gasteiger partial charge in [-0.15, -0.1) is 0 Å². The molecule has 3 heterocycles. The maximum absolute atomic E-state index is 12.9. The second kappa shape index (κ2) is 4.86. The number of fused-ring (bicyclic) bond motifs is 1. The summed E-state index contributed by atoms with van der Waals surface area (Å²) in [6.45, 7) is 1.40. The highest BCUT2D eigenvalue weighted by molar-refractivity contribution is 6.04. The smallest absolute Gasteiger partial charge is 0.317 e. The zero-order valence-corrected chi connectivity index (χ0v) is 11.3. The molecule has 0 unspecified atom stereocenters. The van der Waals surface area contributed by atoms with E-state index >= 15 is 0 Å². The third-order valence-corrected chi connectivity index (χ3v) is 3.10. The number of nitrogens with zero attached hydrogens (tertiary/aromatic N) is 3. The van der Waals surface area contributed by atoms with Gasteiger partial charge in [0.05, 0.1) is 17.6 Å². The fraction of sp³-hybridized carbons (Fsp3) is 0.154. The van der Waals surface area contributed by atoms with E-state index in [1.165, 1.54) is 17.5 Å². The summed E-state index contributed by atoms with van der Waals surface area (Å²) in [6.07, 6.45) is -1.76. The number of amides is 1. The molecule has 0 aliphatic heterocycles. The number of H-pyrrole nitrogens is 1. The minimum atomic E-state index is -4.66. The van der Waals surface area contributed by atoms with Crippen LogP contribution < -0.4 is 5.32 Å². The molecular formula is C13H10F3N5O. The van der Waals surface area contributed by atoms with Crippen molar-refractivity contribution in [2.24, 2.45) is 0 Å². The Labute approximate surface area is 122 Å². The third-order valence-electron chi connectivity index (χ3n) is 3.10. The molecule has 0 atom stereocenters. The first kappa shape index (κ1) is 14.1. The van der Waals surface area contributed by atoms with Crippen molar-refractivity contribution in [3.8, 4) is 0 Å². The molecule has 0 saturated heterocycles. The van der Waals surface area contributed by atoms with Crippen LogP contribution in [0.3, 0.4) is 0 Å². The average Bonchev–Trinajstić information content (AvgIpc) is 3.03. The summed E-state index contributed by atoms with van der Waals surface area (Å²) < 4.78 is 40.1. The molecule has 1 amide bonds. The molecular weight excluding hydrogens is 299 g/mol. The molecule has 9 heteroatoms. The number of rotatable bonds is 2. The zero-order valence-electron chi connectivity index (χ0n) is 11.3. The van der Waals surface area contributed by atoms with Crippen molar-refractivity contribution >= 4 is 17.2 Å². The average molecular weight is 309 g/mol. The molecule has 22 heavy (non-hydrogen) atoms. The van der Waals surface area contributed by atoms with E-state index in [1.807, 2.05) is 0 Å². The number of carbonyl (C=O) groups excluding carboxylic acids is 1. The summed E-state index contributed by atoms with van der Waals surface area (Å²) in [6, 6.07) is 5.11. The number of hydrogen-bond acceptors (Lipinski definition) is 3. The Morgan fingerprint density at radius 1 is 1.36 bits per heavy atom. The minimum absolute atomic E-state index is 0.120. The number of pyridine rings is 1. The van der Waals surface area contributed by atoms with Crippen LogP contribution in [0.2, 0.25) is 0 Å². The molecule has 3 aromatic heterocycles. The van der Waals surface area contributed by atoms with Crippen LogP contribution >= 0.6 is 0 Å². The minimum Gasteiger partial charge on any atom is -0.317 e. The van der Waals surface area contributed by atoms with Gasteiger partial charge in [-0.05, 0) is 19.1 Å². The van der Waals surface area contributed by atoms with Crippen LogP contribution in [0, 0.1) is 6.92 Å². The van der Waals surface area contributed by atoms with Gasteiger partial charge in [0.25, 0.3) is 5.91 Å². The van der Waals surface area contributed by atoms with Crippen molar-refractivity contribution < 1.29 is 18.0 Å². The third kappa shape index (κ3) is 2.30. The van der Waals surface area contributed by atoms with E-state index in [2.05, 4.69) is 20.5 Å². The van der Waals surface area contributed by atoms with Crippen molar-refractivity contribution in [2.75, 3.05) is 5.32 Å². The van der Waals surface area contributed by atoms with Crippen molar-refractivity contribution in [2.45, 2.75) is 13.1 Å². The number of alkyl halides is 3. The maximum atomic E-state index is 12.9. The lowest BCUT2D eigenvalue weighted by atomic mass is 10.2. The van der Waals surface area contributed by atoms with Crippen LogP contribution in [0.4, 0.5) is 18.9 Å². The molecule has 0 aliphatic carbocycles. The molecule has 0 spiro atoms. The lowest BCUT2D eigenvalue weighted by Gasteiger charge is -2.08. The summed E-state index contributed by atoms with van der Waals surface area (Å²) >= 11 is 0. The molecule has 3 rings (SSSR count). The fourth-order valence-corrected chi connectivity index (χ4v) is 2.07. The molecule has 3 aromatic rings. The van der Waals surface area contributed by atoms with E-state index in [4.69, 9.17) is 0 Å². The second-order valence-corrected chi connectivity index (χ2v) is 4.60. The number of imidazole rings is 1. The zero-order chi connectivity index (χ0) is 15.9. The van der Waals surface area contributed by atoms with Gasteiger partial charge in [0, 0.05) is 6.20 Å². The van der Waals surface area contributed by atoms with E-state index in [0.29, 0.717) is 5.65 Å². The van der Waals surface area contributed by atoms with Crippen LogP contribution in [-0.2, 0) is 6.18 Å². The van der Waals surface area contributed by atoms with Gasteiger partial charge in [0.2, 0.25) is 0 Å². The Balaban J connectivity index is 1.97. The number of aromatic amines is 1. The van der Waals surface area contributed by atoms with Gasteiger partial charge in [-0.25, -0.2) is 4.98 Å². The first-order chi connectivity index (χ1) is 10.4. The van der Waals surface area contributed by atoms with Gasteiger partial charge in [-0.2, -0.15) is 18.3 Å². The van der Waals surface area contributed by atoms with E-state index in [9.17, 15) is 18.0 Å². The van der Waals surface area contributed by atoms with E-state index in [0.717, 1.165) is 0 Å². The molecule has 0 aliphatic rings. The summed E-state index contributed by atoms with van der Waals surface area (Å²) in [5.74, 6) is -0.700. The standard InChI is InChI=1S/C13H10F3N5O/c1-7-10(11(20-19-7)13(14,15)16)18-12(22)8-6-17-9-4-2-3-5-21(8)9/h2-6H,1H3,(H,18,22)(H,19,20). The number of aromatic nitrogens is 4. The summed E-state index contributed by atoms with van der Waals surface area (Å²) in [5, 5.41) is 7.67. The number of aryl methyl sites for hydroxylation is 1. The predicted molar refractivity (Wildman–Crippen MR) is 71.5 cm³/mol. The predicted octanol–water partition coefficient (Wildman–Crippen LogP) is 2.64. The number of carbonyl (C=O) groups is 1. The highest BCUT2D eigenvalue weighted by Gasteiger charge is 2.38. The number of nitrogens with one attached hydrogen (secondary N) is 2. The van der Waals surface area contributed by atoms with Crippen molar-refractivity contribution in [1.82, 2.24) is 19.6 Å². The molecule has 0 radical (unpaired) electrons. The SMILES string of the molecule is Cc1[nH]nc(C(F)(F)F)c1NC(=O)c1cnc2ccccn12. The van der Waals surface area contributed by atoms with Gasteiger partial charge in [0.15, 0.2) is 5.69 Å². The fourth-order valence-electron chi connectivity index (χ4n) is 2.07. The highest BCUT2D eigenvalue weighted by atomic mass is 19.4. The van der Waals surface area contributed by atoms with Crippen LogP contribution in [0.15, 0.2) is 30.6 Å². The Kier molecular flexibility index (Phi) is 3.12. The number of anilines is 1. The summed E-state index contributed by atoms with van der Waals surface area (Å²) in [7, 11) is 0. The monoisotopic (exact) mass is 309 g/mol. The molecule has 114 valence electrons. The van der Waals surface area contributed by atoms with E-state index in [1.54, 1.807) is 24.4 Å². The molecule has 2 N–H and O–H groups in total. The van der Waals surface area contributed by atoms with Gasteiger partial charge in [-0.3, -0.25) is 14.3 Å². The van der Waals surface area contributed by atoms with Crippen LogP contribution in [0.5, 0.6) is 0 Å². The normalized spacial score (nSPS) is 11.8. The Morgan fingerprint density at radius 3 is 2.86 bits per heavy atom. The first-order valence-corrected chi connectivity index (χ1v) is 6.23. The lowest BCUT2D eigenvalue weighted by molar-refractivity contribution is -0.140. The quantitative estimate of drug-likeness (QED) is 0.764. The molecule has 0 fully saturated rings. The van der Waals surface area contributed by atoms with Crippen LogP contribution in [-0.4, -0.2) is 25.5 Å². The van der Waals surface area contributed by atoms with Gasteiger partial charge in [0.1, 0.15) is 11.3 Å². The topological polar surface area (TPSA) is 75.1 Å². The van der Waals surface area contributed by atoms with Gasteiger partial charge >= 0.3 is 6.18 Å². The van der Waals surface area contributed by atoms with Crippen molar-refractivity contribution in [3.05, 3.63) is 47.7 Å². The number of hydrogen-bond donors (Lipinski definition) is 2. The lowest BCUT2D eigenvalue weighted by Crippen LogP contribution is -2.18. The van der Waals surface area contributed by atoms with Crippen molar-refractivity contribution in [3.63, 3.8) is 0 Å². The summed E-state index contributed by atoms with van der Waals surface area (Å²) in [5.41, 5.74) is -0.776. The Bertz CT molecular complexity index is 849. The highest BCUT2D eigenvalue weighted by Crippen LogP contribution is 2.34. The Morgan fingerprint density at radius 2 is 2.14 bits per heavy atom. The van der Waals surface area contributed by atoms with Crippen LogP contribution in [0.1, 0.15) is 21.9 Å². The molecule has 6 nitrogen and oxygen atoms in total. The molecule has 0 bridgehead atoms. The van der Waals surface area contributed by atoms with Crippen molar-refractivity contribution in [1.29, 1.82) is 0 Å². The van der Waals surface area contributed by atoms with E-state index in [-0.39, 0.29) is 17.1 Å². The number of halogens is 3. The largest absolute Gasteiger partial charge is 0.437 e. The molecule has 0 aromatic carbocycles. The van der Waals surface area contributed by atoms with Gasteiger partial charge in [-0.1, -0.05) is 6.07 Å². The second-order valence-electron chi connectivity index (χ2n) is 4.60. The maximum Gasteiger partial charge on any atom is 0.437 e.